The van der Waals surface area contributed by atoms with E-state index in [1.165, 1.54) is 23.9 Å². The van der Waals surface area contributed by atoms with E-state index in [0.29, 0.717) is 10.6 Å². The number of rotatable bonds is 6. The number of nitro groups is 1. The topological polar surface area (TPSA) is 80.4 Å². The molecule has 0 aliphatic rings. The Bertz CT molecular complexity index is 690. The van der Waals surface area contributed by atoms with Gasteiger partial charge in [-0.1, -0.05) is 23.7 Å². The number of hydrogen-bond donors (Lipinski definition) is 1. The van der Waals surface area contributed by atoms with Crippen LogP contribution in [0.1, 0.15) is 5.56 Å². The second-order valence-corrected chi connectivity index (χ2v) is 6.24. The molecule has 0 bridgehead atoms. The molecule has 2 rings (SSSR count). The molecule has 0 saturated carbocycles. The Balaban J connectivity index is 2.15. The molecule has 5 nitrogen and oxygen atoms in total. The van der Waals surface area contributed by atoms with Crippen molar-refractivity contribution in [1.82, 2.24) is 0 Å². The zero-order valence-electron chi connectivity index (χ0n) is 11.3. The molecule has 0 aliphatic heterocycles. The van der Waals surface area contributed by atoms with Crippen LogP contribution in [0.3, 0.4) is 0 Å². The van der Waals surface area contributed by atoms with Gasteiger partial charge in [0.25, 0.3) is 5.69 Å². The monoisotopic (exact) mass is 337 g/mol. The first-order chi connectivity index (χ1) is 10.5. The first-order valence-electron chi connectivity index (χ1n) is 6.34. The molecule has 7 heteroatoms. The van der Waals surface area contributed by atoms with Gasteiger partial charge in [-0.15, -0.1) is 11.8 Å². The lowest BCUT2D eigenvalue weighted by atomic mass is 10.1. The third-order valence-corrected chi connectivity index (χ3v) is 4.36. The van der Waals surface area contributed by atoms with Gasteiger partial charge in [-0.2, -0.15) is 0 Å². The molecule has 22 heavy (non-hydrogen) atoms. The molecule has 2 aromatic rings. The Morgan fingerprint density at radius 1 is 1.27 bits per heavy atom. The van der Waals surface area contributed by atoms with Gasteiger partial charge in [0.05, 0.1) is 4.92 Å². The number of benzene rings is 2. The van der Waals surface area contributed by atoms with Crippen molar-refractivity contribution in [1.29, 1.82) is 0 Å². The number of halogens is 1. The van der Waals surface area contributed by atoms with Crippen LogP contribution < -0.4 is 0 Å². The van der Waals surface area contributed by atoms with Crippen LogP contribution in [0, 0.1) is 10.1 Å². The normalized spacial score (nSPS) is 11.9. The molecule has 0 unspecified atom stereocenters. The smallest absolute Gasteiger partial charge is 0.317 e. The van der Waals surface area contributed by atoms with E-state index in [4.69, 9.17) is 11.6 Å². The molecule has 0 radical (unpaired) electrons. The molecular weight excluding hydrogens is 326 g/mol. The second kappa shape index (κ2) is 7.29. The number of carboxylic acid groups (broad SMARTS) is 1. The number of carboxylic acids is 1. The van der Waals surface area contributed by atoms with Gasteiger partial charge in [-0.05, 0) is 36.2 Å². The molecule has 2 aromatic carbocycles. The van der Waals surface area contributed by atoms with Gasteiger partial charge in [0.1, 0.15) is 5.25 Å². The number of hydrogen-bond acceptors (Lipinski definition) is 4. The van der Waals surface area contributed by atoms with Crippen LogP contribution in [0.4, 0.5) is 5.69 Å². The van der Waals surface area contributed by atoms with E-state index in [9.17, 15) is 20.0 Å². The SMILES string of the molecule is O=C(O)[C@@H](Cc1cccc([N+](=O)[O-])c1)Sc1ccc(Cl)cc1. The van der Waals surface area contributed by atoms with Crippen LogP contribution in [0.25, 0.3) is 0 Å². The summed E-state index contributed by atoms with van der Waals surface area (Å²) < 4.78 is 0. The Hall–Kier alpha value is -2.05. The summed E-state index contributed by atoms with van der Waals surface area (Å²) in [6, 6.07) is 12.9. The Kier molecular flexibility index (Phi) is 5.41. The number of aliphatic carboxylic acids is 1. The molecule has 0 saturated heterocycles. The molecule has 0 amide bonds. The minimum absolute atomic E-state index is 0.0434. The molecule has 0 aromatic heterocycles. The first-order valence-corrected chi connectivity index (χ1v) is 7.60. The minimum Gasteiger partial charge on any atom is -0.480 e. The maximum absolute atomic E-state index is 11.4. The number of nitrogens with zero attached hydrogens (tertiary/aromatic N) is 1. The van der Waals surface area contributed by atoms with Crippen LogP contribution in [-0.2, 0) is 11.2 Å². The van der Waals surface area contributed by atoms with Crippen LogP contribution >= 0.6 is 23.4 Å². The predicted octanol–water partition coefficient (Wildman–Crippen LogP) is 4.04. The summed E-state index contributed by atoms with van der Waals surface area (Å²) >= 11 is 6.98. The van der Waals surface area contributed by atoms with Crippen molar-refractivity contribution in [3.8, 4) is 0 Å². The average Bonchev–Trinajstić information content (AvgIpc) is 2.49. The lowest BCUT2D eigenvalue weighted by Crippen LogP contribution is -2.19. The van der Waals surface area contributed by atoms with E-state index in [-0.39, 0.29) is 12.1 Å². The fourth-order valence-corrected chi connectivity index (χ4v) is 2.99. The summed E-state index contributed by atoms with van der Waals surface area (Å²) in [6.07, 6.45) is 0.199. The van der Waals surface area contributed by atoms with E-state index >= 15 is 0 Å². The summed E-state index contributed by atoms with van der Waals surface area (Å²) in [5.41, 5.74) is 0.571. The van der Waals surface area contributed by atoms with E-state index in [2.05, 4.69) is 0 Å². The quantitative estimate of drug-likeness (QED) is 0.489. The maximum Gasteiger partial charge on any atom is 0.317 e. The number of carbonyl (C=O) groups is 1. The highest BCUT2D eigenvalue weighted by Crippen LogP contribution is 2.28. The standard InChI is InChI=1S/C15H12ClNO4S/c16-11-4-6-13(7-5-11)22-14(15(18)19)9-10-2-1-3-12(8-10)17(20)21/h1-8,14H,9H2,(H,18,19)/t14-/m1/s1. The van der Waals surface area contributed by atoms with E-state index in [1.807, 2.05) is 0 Å². The molecule has 0 fully saturated rings. The Morgan fingerprint density at radius 2 is 1.95 bits per heavy atom. The van der Waals surface area contributed by atoms with Crippen molar-refractivity contribution in [3.63, 3.8) is 0 Å². The van der Waals surface area contributed by atoms with Gasteiger partial charge in [0.15, 0.2) is 0 Å². The summed E-state index contributed by atoms with van der Waals surface area (Å²) in [5.74, 6) is -0.966. The van der Waals surface area contributed by atoms with Gasteiger partial charge in [-0.3, -0.25) is 14.9 Å². The molecule has 0 aliphatic carbocycles. The molecule has 114 valence electrons. The number of nitro benzene ring substituents is 1. The lowest BCUT2D eigenvalue weighted by molar-refractivity contribution is -0.384. The highest BCUT2D eigenvalue weighted by atomic mass is 35.5. The van der Waals surface area contributed by atoms with Crippen molar-refractivity contribution in [3.05, 3.63) is 69.2 Å². The van der Waals surface area contributed by atoms with Gasteiger partial charge >= 0.3 is 5.97 Å². The number of non-ortho nitro benzene ring substituents is 1. The van der Waals surface area contributed by atoms with Crippen LogP contribution in [0.2, 0.25) is 5.02 Å². The fourth-order valence-electron chi connectivity index (χ4n) is 1.87. The van der Waals surface area contributed by atoms with Crippen LogP contribution in [0.15, 0.2) is 53.4 Å². The Morgan fingerprint density at radius 3 is 2.55 bits per heavy atom. The highest BCUT2D eigenvalue weighted by molar-refractivity contribution is 8.00. The summed E-state index contributed by atoms with van der Waals surface area (Å²) in [4.78, 5) is 22.5. The van der Waals surface area contributed by atoms with Crippen molar-refractivity contribution >= 4 is 35.0 Å². The molecule has 0 heterocycles. The summed E-state index contributed by atoms with van der Waals surface area (Å²) in [5, 5.41) is 20.0. The van der Waals surface area contributed by atoms with Crippen molar-refractivity contribution < 1.29 is 14.8 Å². The summed E-state index contributed by atoms with van der Waals surface area (Å²) in [6.45, 7) is 0. The zero-order valence-corrected chi connectivity index (χ0v) is 12.9. The zero-order chi connectivity index (χ0) is 16.1. The minimum atomic E-state index is -0.966. The van der Waals surface area contributed by atoms with Gasteiger partial charge in [0.2, 0.25) is 0 Å². The van der Waals surface area contributed by atoms with Crippen LogP contribution in [0.5, 0.6) is 0 Å². The molecule has 0 spiro atoms. The molecule has 1 atom stereocenters. The maximum atomic E-state index is 11.4. The van der Waals surface area contributed by atoms with Gasteiger partial charge in [0, 0.05) is 22.1 Å². The predicted molar refractivity (Wildman–Crippen MR) is 85.5 cm³/mol. The Labute approximate surface area is 136 Å². The summed E-state index contributed by atoms with van der Waals surface area (Å²) in [7, 11) is 0. The third-order valence-electron chi connectivity index (χ3n) is 2.91. The number of thioether (sulfide) groups is 1. The average molecular weight is 338 g/mol. The van der Waals surface area contributed by atoms with E-state index in [0.717, 1.165) is 4.90 Å². The van der Waals surface area contributed by atoms with Gasteiger partial charge in [-0.25, -0.2) is 0 Å². The molecular formula is C15H12ClNO4S. The second-order valence-electron chi connectivity index (χ2n) is 4.53. The third kappa shape index (κ3) is 4.47. The van der Waals surface area contributed by atoms with Crippen molar-refractivity contribution in [2.75, 3.05) is 0 Å². The van der Waals surface area contributed by atoms with E-state index in [1.54, 1.807) is 36.4 Å². The van der Waals surface area contributed by atoms with E-state index < -0.39 is 16.1 Å². The van der Waals surface area contributed by atoms with Gasteiger partial charge < -0.3 is 5.11 Å². The van der Waals surface area contributed by atoms with Crippen molar-refractivity contribution in [2.45, 2.75) is 16.6 Å². The lowest BCUT2D eigenvalue weighted by Gasteiger charge is -2.12. The van der Waals surface area contributed by atoms with Crippen LogP contribution in [-0.4, -0.2) is 21.2 Å². The first kappa shape index (κ1) is 16.3. The van der Waals surface area contributed by atoms with Crippen molar-refractivity contribution in [2.24, 2.45) is 0 Å². The highest BCUT2D eigenvalue weighted by Gasteiger charge is 2.20. The largest absolute Gasteiger partial charge is 0.480 e. The fraction of sp³-hybridized carbons (Fsp3) is 0.133. The molecule has 1 N–H and O–H groups in total.